The number of benzene rings is 1. The first kappa shape index (κ1) is 18.9. The van der Waals surface area contributed by atoms with Crippen LogP contribution in [0, 0.1) is 0 Å². The number of amides is 1. The molecular formula is C20H32N2O2. The lowest BCUT2D eigenvalue weighted by Gasteiger charge is -2.29. The first-order valence-electron chi connectivity index (χ1n) is 9.42. The van der Waals surface area contributed by atoms with Gasteiger partial charge in [-0.2, -0.15) is 0 Å². The van der Waals surface area contributed by atoms with Crippen molar-refractivity contribution in [3.8, 4) is 0 Å². The fraction of sp³-hybridized carbons (Fsp3) is 0.650. The first-order chi connectivity index (χ1) is 11.8. The van der Waals surface area contributed by atoms with Crippen molar-refractivity contribution in [2.24, 2.45) is 0 Å². The summed E-state index contributed by atoms with van der Waals surface area (Å²) in [5.41, 5.74) is 1.33. The molecule has 0 saturated carbocycles. The molecule has 0 spiro atoms. The number of ether oxygens (including phenoxy) is 1. The highest BCUT2D eigenvalue weighted by Crippen LogP contribution is 2.14. The molecule has 24 heavy (non-hydrogen) atoms. The zero-order chi connectivity index (χ0) is 17.0. The number of hydrogen-bond donors (Lipinski definition) is 1. The van der Waals surface area contributed by atoms with Gasteiger partial charge >= 0.3 is 0 Å². The van der Waals surface area contributed by atoms with E-state index in [0.29, 0.717) is 12.6 Å². The molecule has 0 aliphatic carbocycles. The predicted molar refractivity (Wildman–Crippen MR) is 98.1 cm³/mol. The van der Waals surface area contributed by atoms with Gasteiger partial charge in [0.25, 0.3) is 0 Å². The Bertz CT molecular complexity index is 458. The van der Waals surface area contributed by atoms with Crippen LogP contribution in [0.4, 0.5) is 0 Å². The van der Waals surface area contributed by atoms with E-state index in [0.717, 1.165) is 51.9 Å². The standard InChI is InChI=1S/C20H32N2O2/c1-2-14-22(16-19-12-6-7-15-24-19)17-20(23)21-13-8-11-18-9-4-3-5-10-18/h3-5,9-10,19H,2,6-8,11-17H2,1H3,(H,21,23). The zero-order valence-electron chi connectivity index (χ0n) is 15.0. The molecule has 4 heteroatoms. The summed E-state index contributed by atoms with van der Waals surface area (Å²) in [5.74, 6) is 0.132. The van der Waals surface area contributed by atoms with E-state index in [2.05, 4.69) is 41.4 Å². The van der Waals surface area contributed by atoms with Gasteiger partial charge in [0.15, 0.2) is 0 Å². The van der Waals surface area contributed by atoms with Crippen molar-refractivity contribution in [3.05, 3.63) is 35.9 Å². The SMILES string of the molecule is CCCN(CC(=O)NCCCc1ccccc1)CC1CCCCO1. The van der Waals surface area contributed by atoms with E-state index >= 15 is 0 Å². The number of aryl methyl sites for hydroxylation is 1. The second-order valence-electron chi connectivity index (χ2n) is 6.66. The maximum atomic E-state index is 12.2. The molecule has 1 aromatic carbocycles. The molecule has 0 radical (unpaired) electrons. The number of carbonyl (C=O) groups excluding carboxylic acids is 1. The van der Waals surface area contributed by atoms with E-state index in [9.17, 15) is 4.79 Å². The summed E-state index contributed by atoms with van der Waals surface area (Å²) >= 11 is 0. The van der Waals surface area contributed by atoms with Crippen molar-refractivity contribution in [1.29, 1.82) is 0 Å². The topological polar surface area (TPSA) is 41.6 Å². The third-order valence-electron chi connectivity index (χ3n) is 4.45. The molecule has 1 atom stereocenters. The number of hydrogen-bond acceptors (Lipinski definition) is 3. The number of nitrogens with zero attached hydrogens (tertiary/aromatic N) is 1. The van der Waals surface area contributed by atoms with Crippen molar-refractivity contribution in [2.75, 3.05) is 32.8 Å². The molecule has 0 bridgehead atoms. The second kappa shape index (κ2) is 11.2. The average molecular weight is 332 g/mol. The average Bonchev–Trinajstić information content (AvgIpc) is 2.61. The fourth-order valence-electron chi connectivity index (χ4n) is 3.21. The highest BCUT2D eigenvalue weighted by atomic mass is 16.5. The minimum Gasteiger partial charge on any atom is -0.377 e. The van der Waals surface area contributed by atoms with Crippen molar-refractivity contribution < 1.29 is 9.53 Å². The predicted octanol–water partition coefficient (Wildman–Crippen LogP) is 3.02. The Hall–Kier alpha value is -1.39. The summed E-state index contributed by atoms with van der Waals surface area (Å²) in [6.45, 7) is 6.10. The van der Waals surface area contributed by atoms with Crippen LogP contribution in [0.15, 0.2) is 30.3 Å². The summed E-state index contributed by atoms with van der Waals surface area (Å²) in [5, 5.41) is 3.06. The van der Waals surface area contributed by atoms with Crippen LogP contribution in [0.1, 0.15) is 44.6 Å². The molecular weight excluding hydrogens is 300 g/mol. The van der Waals surface area contributed by atoms with Crippen LogP contribution in [-0.4, -0.2) is 49.7 Å². The van der Waals surface area contributed by atoms with Gasteiger partial charge in [0.1, 0.15) is 0 Å². The Kier molecular flexibility index (Phi) is 8.85. The molecule has 1 saturated heterocycles. The molecule has 2 rings (SSSR count). The molecule has 1 aliphatic heterocycles. The van der Waals surface area contributed by atoms with Crippen molar-refractivity contribution in [2.45, 2.75) is 51.6 Å². The van der Waals surface area contributed by atoms with Gasteiger partial charge in [-0.3, -0.25) is 9.69 Å². The minimum atomic E-state index is 0.132. The summed E-state index contributed by atoms with van der Waals surface area (Å²) in [7, 11) is 0. The summed E-state index contributed by atoms with van der Waals surface area (Å²) in [4.78, 5) is 14.4. The van der Waals surface area contributed by atoms with E-state index in [-0.39, 0.29) is 5.91 Å². The van der Waals surface area contributed by atoms with E-state index in [1.54, 1.807) is 0 Å². The van der Waals surface area contributed by atoms with Crippen molar-refractivity contribution >= 4 is 5.91 Å². The monoisotopic (exact) mass is 332 g/mol. The van der Waals surface area contributed by atoms with Crippen LogP contribution in [0.25, 0.3) is 0 Å². The van der Waals surface area contributed by atoms with Gasteiger partial charge < -0.3 is 10.1 Å². The Balaban J connectivity index is 1.64. The van der Waals surface area contributed by atoms with Gasteiger partial charge in [0, 0.05) is 19.7 Å². The summed E-state index contributed by atoms with van der Waals surface area (Å²) in [6.07, 6.45) is 6.90. The molecule has 1 unspecified atom stereocenters. The van der Waals surface area contributed by atoms with Crippen molar-refractivity contribution in [3.63, 3.8) is 0 Å². The highest BCUT2D eigenvalue weighted by Gasteiger charge is 2.19. The Morgan fingerprint density at radius 2 is 2.12 bits per heavy atom. The highest BCUT2D eigenvalue weighted by molar-refractivity contribution is 5.77. The van der Waals surface area contributed by atoms with Crippen LogP contribution in [0.2, 0.25) is 0 Å². The maximum Gasteiger partial charge on any atom is 0.234 e. The summed E-state index contributed by atoms with van der Waals surface area (Å²) in [6, 6.07) is 10.4. The lowest BCUT2D eigenvalue weighted by molar-refractivity contribution is -0.122. The lowest BCUT2D eigenvalue weighted by Crippen LogP contribution is -2.42. The minimum absolute atomic E-state index is 0.132. The van der Waals surface area contributed by atoms with Gasteiger partial charge in [-0.05, 0) is 50.6 Å². The van der Waals surface area contributed by atoms with E-state index in [4.69, 9.17) is 4.74 Å². The molecule has 4 nitrogen and oxygen atoms in total. The molecule has 1 N–H and O–H groups in total. The fourth-order valence-corrected chi connectivity index (χ4v) is 3.21. The Labute approximate surface area is 146 Å². The van der Waals surface area contributed by atoms with Gasteiger partial charge in [-0.25, -0.2) is 0 Å². The van der Waals surface area contributed by atoms with Crippen LogP contribution in [0.3, 0.4) is 0 Å². The van der Waals surface area contributed by atoms with E-state index < -0.39 is 0 Å². The molecule has 1 aliphatic rings. The Morgan fingerprint density at radius 1 is 1.29 bits per heavy atom. The van der Waals surface area contributed by atoms with Gasteiger partial charge in [0.2, 0.25) is 5.91 Å². The molecule has 1 aromatic rings. The molecule has 1 fully saturated rings. The molecule has 134 valence electrons. The third kappa shape index (κ3) is 7.45. The van der Waals surface area contributed by atoms with Gasteiger partial charge in [-0.15, -0.1) is 0 Å². The van der Waals surface area contributed by atoms with Crippen LogP contribution in [-0.2, 0) is 16.0 Å². The number of carbonyl (C=O) groups is 1. The summed E-state index contributed by atoms with van der Waals surface area (Å²) < 4.78 is 5.81. The number of rotatable bonds is 10. The molecule has 0 aromatic heterocycles. The van der Waals surface area contributed by atoms with Crippen LogP contribution < -0.4 is 5.32 Å². The quantitative estimate of drug-likeness (QED) is 0.670. The smallest absolute Gasteiger partial charge is 0.234 e. The second-order valence-corrected chi connectivity index (χ2v) is 6.66. The number of nitrogens with one attached hydrogen (secondary N) is 1. The normalized spacial score (nSPS) is 17.8. The third-order valence-corrected chi connectivity index (χ3v) is 4.45. The molecule has 1 heterocycles. The largest absolute Gasteiger partial charge is 0.377 e. The van der Waals surface area contributed by atoms with Gasteiger partial charge in [-0.1, -0.05) is 37.3 Å². The first-order valence-corrected chi connectivity index (χ1v) is 9.42. The maximum absolute atomic E-state index is 12.2. The Morgan fingerprint density at radius 3 is 2.83 bits per heavy atom. The van der Waals surface area contributed by atoms with E-state index in [1.165, 1.54) is 18.4 Å². The lowest BCUT2D eigenvalue weighted by atomic mass is 10.1. The van der Waals surface area contributed by atoms with Crippen molar-refractivity contribution in [1.82, 2.24) is 10.2 Å². The van der Waals surface area contributed by atoms with Crippen LogP contribution in [0.5, 0.6) is 0 Å². The van der Waals surface area contributed by atoms with Crippen LogP contribution >= 0.6 is 0 Å². The van der Waals surface area contributed by atoms with Gasteiger partial charge in [0.05, 0.1) is 12.6 Å². The zero-order valence-corrected chi connectivity index (χ0v) is 15.0. The molecule has 1 amide bonds. The van der Waals surface area contributed by atoms with E-state index in [1.807, 2.05) is 6.07 Å².